The number of hydrogen-bond donors (Lipinski definition) is 9. The number of phosphoric ester groups is 3. The summed E-state index contributed by atoms with van der Waals surface area (Å²) in [5.74, 6) is -0.761. The van der Waals surface area contributed by atoms with E-state index in [0.29, 0.717) is 17.2 Å². The van der Waals surface area contributed by atoms with E-state index in [0.717, 1.165) is 35.4 Å². The molecule has 1 saturated heterocycles. The lowest BCUT2D eigenvalue weighted by atomic mass is 9.87. The summed E-state index contributed by atoms with van der Waals surface area (Å²) < 4.78 is 62.1. The summed E-state index contributed by atoms with van der Waals surface area (Å²) in [7, 11) is -16.4. The van der Waals surface area contributed by atoms with E-state index in [-0.39, 0.29) is 41.6 Å². The van der Waals surface area contributed by atoms with Crippen LogP contribution in [0.5, 0.6) is 0 Å². The Morgan fingerprint density at radius 1 is 1.09 bits per heavy atom. The van der Waals surface area contributed by atoms with Crippen LogP contribution in [0.4, 0.5) is 5.82 Å². The molecule has 2 amide bonds. The molecule has 24 nitrogen and oxygen atoms in total. The predicted octanol–water partition coefficient (Wildman–Crippen LogP) is 0.187. The largest absolute Gasteiger partial charge is 0.481 e. The fourth-order valence-corrected chi connectivity index (χ4v) is 8.77. The van der Waals surface area contributed by atoms with Gasteiger partial charge in [-0.1, -0.05) is 50.8 Å². The van der Waals surface area contributed by atoms with E-state index < -0.39 is 84.6 Å². The molecule has 3 unspecified atom stereocenters. The van der Waals surface area contributed by atoms with E-state index in [2.05, 4.69) is 34.4 Å². The van der Waals surface area contributed by atoms with Gasteiger partial charge in [0.25, 0.3) is 0 Å². The SMILES string of the molecule is CC1C=CC(C(=O)SCCNC(=O)CCNC(=O)[C@H](O)C(C)(C)COP(=O)(O)OP(=O)(O)OC[C@H]2O[C@@H](n3cnc4c(N)ncnc43)[C@H](O)[C@@H]2OP(=O)(O)O)=CC1. The Labute approximate surface area is 329 Å². The second-order valence-corrected chi connectivity index (χ2v) is 18.7. The van der Waals surface area contributed by atoms with Crippen molar-refractivity contribution in [2.75, 3.05) is 37.8 Å². The molecule has 4 rings (SSSR count). The van der Waals surface area contributed by atoms with Crippen molar-refractivity contribution in [2.24, 2.45) is 11.3 Å². The molecule has 3 heterocycles. The van der Waals surface area contributed by atoms with Gasteiger partial charge in [0.05, 0.1) is 19.5 Å². The summed E-state index contributed by atoms with van der Waals surface area (Å²) in [5.41, 5.74) is 4.87. The van der Waals surface area contributed by atoms with Gasteiger partial charge in [-0.15, -0.1) is 0 Å². The predicted molar refractivity (Wildman–Crippen MR) is 198 cm³/mol. The van der Waals surface area contributed by atoms with Crippen molar-refractivity contribution in [1.29, 1.82) is 0 Å². The summed E-state index contributed by atoms with van der Waals surface area (Å²) in [6.07, 6.45) is -0.548. The Morgan fingerprint density at radius 2 is 1.79 bits per heavy atom. The number of allylic oxidation sites excluding steroid dienone is 3. The van der Waals surface area contributed by atoms with Crippen molar-refractivity contribution >= 4 is 69.1 Å². The number of carbonyl (C=O) groups is 3. The maximum absolute atomic E-state index is 12.7. The number of amides is 2. The number of aliphatic hydroxyl groups excluding tert-OH is 2. The monoisotopic (exact) mass is 887 g/mol. The summed E-state index contributed by atoms with van der Waals surface area (Å²) in [5, 5.41) is 26.3. The Kier molecular flexibility index (Phi) is 15.9. The van der Waals surface area contributed by atoms with Crippen molar-refractivity contribution in [3.8, 4) is 0 Å². The molecular weight excluding hydrogens is 843 g/mol. The average molecular weight is 888 g/mol. The lowest BCUT2D eigenvalue weighted by Gasteiger charge is -2.30. The number of ether oxygens (including phenoxy) is 1. The Hall–Kier alpha value is -2.96. The van der Waals surface area contributed by atoms with Crippen LogP contribution < -0.4 is 16.4 Å². The van der Waals surface area contributed by atoms with Crippen molar-refractivity contribution in [3.63, 3.8) is 0 Å². The van der Waals surface area contributed by atoms with E-state index in [9.17, 15) is 57.9 Å². The van der Waals surface area contributed by atoms with Crippen LogP contribution in [-0.2, 0) is 50.7 Å². The van der Waals surface area contributed by atoms with Gasteiger partial charge in [0.15, 0.2) is 17.7 Å². The van der Waals surface area contributed by atoms with Crippen LogP contribution >= 0.6 is 35.2 Å². The normalized spacial score (nSPS) is 24.0. The van der Waals surface area contributed by atoms with Gasteiger partial charge in [-0.25, -0.2) is 28.6 Å². The molecule has 1 aliphatic heterocycles. The first-order valence-corrected chi connectivity index (χ1v) is 22.4. The lowest BCUT2D eigenvalue weighted by molar-refractivity contribution is -0.137. The molecule has 2 aromatic rings. The number of phosphoric acid groups is 3. The molecule has 318 valence electrons. The third-order valence-corrected chi connectivity index (χ3v) is 12.3. The van der Waals surface area contributed by atoms with E-state index in [1.165, 1.54) is 13.8 Å². The number of nitrogen functional groups attached to an aromatic ring is 1. The maximum Gasteiger partial charge on any atom is 0.481 e. The number of nitrogens with one attached hydrogen (secondary N) is 2. The third kappa shape index (κ3) is 13.5. The molecule has 2 aromatic heterocycles. The molecule has 10 N–H and O–H groups in total. The molecule has 57 heavy (non-hydrogen) atoms. The fraction of sp³-hybridized carbons (Fsp3) is 0.586. The number of nitrogens with two attached hydrogens (primary N) is 1. The number of aromatic nitrogens is 4. The van der Waals surface area contributed by atoms with Crippen LogP contribution in [0.15, 0.2) is 36.5 Å². The molecule has 1 aliphatic carbocycles. The van der Waals surface area contributed by atoms with E-state index >= 15 is 0 Å². The number of imidazole rings is 1. The molecule has 2 aliphatic rings. The first kappa shape index (κ1) is 46.7. The number of aliphatic hydroxyl groups is 2. The fourth-order valence-electron chi connectivity index (χ4n) is 5.24. The number of hydrogen-bond acceptors (Lipinski definition) is 18. The minimum Gasteiger partial charge on any atom is -0.386 e. The van der Waals surface area contributed by atoms with Gasteiger partial charge in [0.2, 0.25) is 16.9 Å². The summed E-state index contributed by atoms with van der Waals surface area (Å²) in [6.45, 7) is 2.52. The number of nitrogens with zero attached hydrogens (tertiary/aromatic N) is 4. The second-order valence-electron chi connectivity index (χ2n) is 13.4. The Balaban J connectivity index is 1.22. The van der Waals surface area contributed by atoms with Gasteiger partial charge in [0.1, 0.15) is 36.3 Å². The van der Waals surface area contributed by atoms with E-state index in [1.807, 2.05) is 19.1 Å². The molecule has 0 saturated carbocycles. The Morgan fingerprint density at radius 3 is 2.46 bits per heavy atom. The highest BCUT2D eigenvalue weighted by Gasteiger charge is 2.50. The molecule has 0 radical (unpaired) electrons. The van der Waals surface area contributed by atoms with E-state index in [1.54, 1.807) is 6.08 Å². The van der Waals surface area contributed by atoms with Gasteiger partial charge >= 0.3 is 23.5 Å². The van der Waals surface area contributed by atoms with Gasteiger partial charge in [-0.05, 0) is 12.3 Å². The van der Waals surface area contributed by atoms with Gasteiger partial charge in [-0.2, -0.15) is 4.31 Å². The summed E-state index contributed by atoms with van der Waals surface area (Å²) in [6, 6.07) is 0. The van der Waals surface area contributed by atoms with Crippen LogP contribution in [0, 0.1) is 11.3 Å². The van der Waals surface area contributed by atoms with Crippen molar-refractivity contribution in [1.82, 2.24) is 30.2 Å². The van der Waals surface area contributed by atoms with Crippen LogP contribution in [0.1, 0.15) is 39.8 Å². The molecule has 0 bridgehead atoms. The number of rotatable bonds is 20. The molecule has 28 heteroatoms. The van der Waals surface area contributed by atoms with Crippen molar-refractivity contribution < 1.29 is 80.5 Å². The quantitative estimate of drug-likeness (QED) is 0.0633. The minimum atomic E-state index is -5.57. The zero-order chi connectivity index (χ0) is 42.3. The van der Waals surface area contributed by atoms with Crippen molar-refractivity contribution in [2.45, 2.75) is 64.3 Å². The van der Waals surface area contributed by atoms with Crippen LogP contribution in [-0.4, -0.2) is 123 Å². The zero-order valence-corrected chi connectivity index (χ0v) is 34.1. The number of carbonyl (C=O) groups excluding carboxylic acids is 3. The smallest absolute Gasteiger partial charge is 0.386 e. The molecule has 8 atom stereocenters. The van der Waals surface area contributed by atoms with Crippen LogP contribution in [0.3, 0.4) is 0 Å². The highest BCUT2D eigenvalue weighted by atomic mass is 32.2. The first-order chi connectivity index (χ1) is 26.5. The zero-order valence-electron chi connectivity index (χ0n) is 30.6. The summed E-state index contributed by atoms with van der Waals surface area (Å²) in [4.78, 5) is 88.0. The standard InChI is InChI=1S/C29H44N7O17P3S/c1-16-4-6-17(7-5-16)28(41)57-11-10-31-19(37)8-9-32-26(40)23(39)29(2,3)13-50-56(47,48)53-55(45,46)49-12-18-22(52-54(42,43)44)21(38)27(51-18)36-15-35-20-24(30)33-14-34-25(20)36/h4,6-7,14-16,18,21-23,27,38-39H,5,8-13H2,1-3H3,(H,31,37)(H,32,40)(H,45,46)(H,47,48)(H2,30,33,34)(H2,42,43,44)/t16?,18-,21-,22-,23+,27-/m1/s1. The molecule has 0 spiro atoms. The van der Waals surface area contributed by atoms with Gasteiger partial charge < -0.3 is 50.9 Å². The van der Waals surface area contributed by atoms with Gasteiger partial charge in [-0.3, -0.25) is 32.5 Å². The number of anilines is 1. The lowest BCUT2D eigenvalue weighted by Crippen LogP contribution is -2.46. The third-order valence-electron chi connectivity index (χ3n) is 8.28. The van der Waals surface area contributed by atoms with E-state index in [4.69, 9.17) is 19.5 Å². The van der Waals surface area contributed by atoms with Crippen molar-refractivity contribution in [3.05, 3.63) is 36.5 Å². The van der Waals surface area contributed by atoms with Crippen LogP contribution in [0.2, 0.25) is 0 Å². The Bertz CT molecular complexity index is 1990. The number of fused-ring (bicyclic) bond motifs is 1. The topological polar surface area (TPSA) is 364 Å². The molecule has 1 fully saturated rings. The molecular formula is C29H44N7O17P3S. The van der Waals surface area contributed by atoms with Gasteiger partial charge in [0, 0.05) is 36.3 Å². The molecule has 0 aromatic carbocycles. The maximum atomic E-state index is 12.7. The average Bonchev–Trinajstić information content (AvgIpc) is 3.68. The van der Waals surface area contributed by atoms with Crippen LogP contribution in [0.25, 0.3) is 11.2 Å². The minimum absolute atomic E-state index is 0.0303. The second kappa shape index (κ2) is 19.4. The summed E-state index contributed by atoms with van der Waals surface area (Å²) >= 11 is 1.06. The highest BCUT2D eigenvalue weighted by molar-refractivity contribution is 8.14. The number of thioether (sulfide) groups is 1. The highest BCUT2D eigenvalue weighted by Crippen LogP contribution is 2.61. The first-order valence-electron chi connectivity index (χ1n) is 16.9.